The van der Waals surface area contributed by atoms with Crippen molar-refractivity contribution < 1.29 is 4.74 Å². The summed E-state index contributed by atoms with van der Waals surface area (Å²) in [5.74, 6) is 1.43. The molecule has 2 N–H and O–H groups in total. The molecular formula is C20H31N5O. The molecule has 2 aromatic rings. The lowest BCUT2D eigenvalue weighted by Crippen LogP contribution is -2.38. The summed E-state index contributed by atoms with van der Waals surface area (Å²) < 4.78 is 7.45. The number of ether oxygens (including phenoxy) is 1. The highest BCUT2D eigenvalue weighted by molar-refractivity contribution is 5.79. The van der Waals surface area contributed by atoms with E-state index < -0.39 is 0 Å². The lowest BCUT2D eigenvalue weighted by Gasteiger charge is -2.12. The van der Waals surface area contributed by atoms with Crippen molar-refractivity contribution in [2.75, 3.05) is 26.3 Å². The van der Waals surface area contributed by atoms with Crippen LogP contribution in [-0.4, -0.2) is 42.0 Å². The predicted molar refractivity (Wildman–Crippen MR) is 107 cm³/mol. The highest BCUT2D eigenvalue weighted by Crippen LogP contribution is 2.09. The number of nitrogens with zero attached hydrogens (tertiary/aromatic N) is 3. The Morgan fingerprint density at radius 3 is 2.69 bits per heavy atom. The molecule has 1 heterocycles. The molecule has 0 fully saturated rings. The van der Waals surface area contributed by atoms with E-state index in [2.05, 4.69) is 65.8 Å². The van der Waals surface area contributed by atoms with Gasteiger partial charge in [0, 0.05) is 38.7 Å². The zero-order chi connectivity index (χ0) is 18.6. The molecular weight excluding hydrogens is 326 g/mol. The van der Waals surface area contributed by atoms with E-state index in [1.807, 2.05) is 16.9 Å². The number of nitrogens with one attached hydrogen (secondary N) is 2. The first-order chi connectivity index (χ1) is 12.7. The molecule has 6 nitrogen and oxygen atoms in total. The summed E-state index contributed by atoms with van der Waals surface area (Å²) in [6.07, 6.45) is 4.68. The fourth-order valence-electron chi connectivity index (χ4n) is 2.39. The highest BCUT2D eigenvalue weighted by atomic mass is 16.5. The van der Waals surface area contributed by atoms with E-state index in [1.54, 1.807) is 6.20 Å². The topological polar surface area (TPSA) is 63.5 Å². The van der Waals surface area contributed by atoms with Gasteiger partial charge in [0.05, 0.1) is 12.2 Å². The molecule has 2 rings (SSSR count). The SMILES string of the molecule is CCNC(=NCc1ccc(-n2cccn2)cc1)NCCCOCC(C)C. The fourth-order valence-corrected chi connectivity index (χ4v) is 2.39. The van der Waals surface area contributed by atoms with Crippen LogP contribution in [0.4, 0.5) is 0 Å². The second-order valence-corrected chi connectivity index (χ2v) is 6.56. The molecule has 0 unspecified atom stereocenters. The van der Waals surface area contributed by atoms with E-state index in [-0.39, 0.29) is 0 Å². The Bertz CT molecular complexity index is 635. The van der Waals surface area contributed by atoms with Crippen LogP contribution in [0.1, 0.15) is 32.8 Å². The minimum Gasteiger partial charge on any atom is -0.381 e. The summed E-state index contributed by atoms with van der Waals surface area (Å²) in [7, 11) is 0. The molecule has 26 heavy (non-hydrogen) atoms. The van der Waals surface area contributed by atoms with E-state index >= 15 is 0 Å². The zero-order valence-electron chi connectivity index (χ0n) is 16.1. The molecule has 0 aliphatic heterocycles. The van der Waals surface area contributed by atoms with Crippen LogP contribution in [-0.2, 0) is 11.3 Å². The minimum absolute atomic E-state index is 0.585. The van der Waals surface area contributed by atoms with Crippen molar-refractivity contribution in [1.82, 2.24) is 20.4 Å². The highest BCUT2D eigenvalue weighted by Gasteiger charge is 2.00. The number of rotatable bonds is 10. The molecule has 0 aliphatic rings. The zero-order valence-corrected chi connectivity index (χ0v) is 16.1. The monoisotopic (exact) mass is 357 g/mol. The number of hydrogen-bond donors (Lipinski definition) is 2. The van der Waals surface area contributed by atoms with Crippen molar-refractivity contribution in [1.29, 1.82) is 0 Å². The summed E-state index contributed by atoms with van der Waals surface area (Å²) in [5, 5.41) is 10.9. The van der Waals surface area contributed by atoms with Crippen molar-refractivity contribution in [3.8, 4) is 5.69 Å². The first kappa shape index (κ1) is 20.0. The smallest absolute Gasteiger partial charge is 0.191 e. The van der Waals surface area contributed by atoms with Crippen LogP contribution < -0.4 is 10.6 Å². The van der Waals surface area contributed by atoms with E-state index in [0.29, 0.717) is 12.5 Å². The lowest BCUT2D eigenvalue weighted by atomic mass is 10.2. The maximum absolute atomic E-state index is 5.60. The van der Waals surface area contributed by atoms with Gasteiger partial charge < -0.3 is 15.4 Å². The number of aromatic nitrogens is 2. The summed E-state index contributed by atoms with van der Waals surface area (Å²) in [6, 6.07) is 10.2. The maximum atomic E-state index is 5.60. The molecule has 0 atom stereocenters. The Hall–Kier alpha value is -2.34. The minimum atomic E-state index is 0.585. The number of aliphatic imine (C=N–C) groups is 1. The molecule has 6 heteroatoms. The van der Waals surface area contributed by atoms with Gasteiger partial charge in [-0.3, -0.25) is 0 Å². The third kappa shape index (κ3) is 7.27. The standard InChI is InChI=1S/C20H31N5O/c1-4-21-20(22-11-6-14-26-16-17(2)3)23-15-18-7-9-19(10-8-18)25-13-5-12-24-25/h5,7-10,12-13,17H,4,6,11,14-16H2,1-3H3,(H2,21,22,23). The van der Waals surface area contributed by atoms with Crippen molar-refractivity contribution in [2.24, 2.45) is 10.9 Å². The lowest BCUT2D eigenvalue weighted by molar-refractivity contribution is 0.108. The van der Waals surface area contributed by atoms with Gasteiger partial charge in [0.25, 0.3) is 0 Å². The average Bonchev–Trinajstić information content (AvgIpc) is 3.17. The summed E-state index contributed by atoms with van der Waals surface area (Å²) in [5.41, 5.74) is 2.22. The van der Waals surface area contributed by atoms with Crippen molar-refractivity contribution >= 4 is 5.96 Å². The first-order valence-corrected chi connectivity index (χ1v) is 9.38. The molecule has 0 spiro atoms. The van der Waals surface area contributed by atoms with Crippen LogP contribution in [0.2, 0.25) is 0 Å². The maximum Gasteiger partial charge on any atom is 0.191 e. The third-order valence-electron chi connectivity index (χ3n) is 3.68. The number of hydrogen-bond acceptors (Lipinski definition) is 3. The second-order valence-electron chi connectivity index (χ2n) is 6.56. The van der Waals surface area contributed by atoms with Crippen LogP contribution in [0.3, 0.4) is 0 Å². The van der Waals surface area contributed by atoms with Gasteiger partial charge in [0.2, 0.25) is 0 Å². The van der Waals surface area contributed by atoms with Gasteiger partial charge in [-0.25, -0.2) is 9.67 Å². The Balaban J connectivity index is 1.78. The Labute approximate surface area is 156 Å². The molecule has 0 saturated carbocycles. The van der Waals surface area contributed by atoms with Gasteiger partial charge in [-0.15, -0.1) is 0 Å². The normalized spacial score (nSPS) is 11.8. The van der Waals surface area contributed by atoms with E-state index in [9.17, 15) is 0 Å². The second kappa shape index (κ2) is 11.3. The first-order valence-electron chi connectivity index (χ1n) is 9.38. The Morgan fingerprint density at radius 2 is 2.04 bits per heavy atom. The van der Waals surface area contributed by atoms with E-state index in [0.717, 1.165) is 44.4 Å². The van der Waals surface area contributed by atoms with Gasteiger partial charge in [0.1, 0.15) is 0 Å². The van der Waals surface area contributed by atoms with Crippen LogP contribution >= 0.6 is 0 Å². The quantitative estimate of drug-likeness (QED) is 0.390. The van der Waals surface area contributed by atoms with Crippen LogP contribution in [0.15, 0.2) is 47.7 Å². The third-order valence-corrected chi connectivity index (χ3v) is 3.68. The van der Waals surface area contributed by atoms with Gasteiger partial charge in [-0.2, -0.15) is 5.10 Å². The summed E-state index contributed by atoms with van der Waals surface area (Å²) in [4.78, 5) is 4.65. The molecule has 0 aliphatic carbocycles. The molecule has 1 aromatic heterocycles. The van der Waals surface area contributed by atoms with Gasteiger partial charge in [-0.05, 0) is 43.0 Å². The van der Waals surface area contributed by atoms with Gasteiger partial charge in [-0.1, -0.05) is 26.0 Å². The molecule has 0 radical (unpaired) electrons. The predicted octanol–water partition coefficient (Wildman–Crippen LogP) is 2.99. The average molecular weight is 358 g/mol. The van der Waals surface area contributed by atoms with E-state index in [1.165, 1.54) is 5.56 Å². The van der Waals surface area contributed by atoms with Crippen LogP contribution in [0.25, 0.3) is 5.69 Å². The van der Waals surface area contributed by atoms with Crippen molar-refractivity contribution in [3.05, 3.63) is 48.3 Å². The summed E-state index contributed by atoms with van der Waals surface area (Å²) in [6.45, 7) is 10.3. The van der Waals surface area contributed by atoms with Crippen LogP contribution in [0, 0.1) is 5.92 Å². The molecule has 0 amide bonds. The van der Waals surface area contributed by atoms with Gasteiger partial charge in [0.15, 0.2) is 5.96 Å². The summed E-state index contributed by atoms with van der Waals surface area (Å²) >= 11 is 0. The molecule has 1 aromatic carbocycles. The molecule has 0 saturated heterocycles. The van der Waals surface area contributed by atoms with Crippen molar-refractivity contribution in [3.63, 3.8) is 0 Å². The Morgan fingerprint density at radius 1 is 1.23 bits per heavy atom. The molecule has 142 valence electrons. The van der Waals surface area contributed by atoms with Crippen LogP contribution in [0.5, 0.6) is 0 Å². The number of benzene rings is 1. The number of guanidine groups is 1. The Kier molecular flexibility index (Phi) is 8.69. The van der Waals surface area contributed by atoms with E-state index in [4.69, 9.17) is 4.74 Å². The van der Waals surface area contributed by atoms with Gasteiger partial charge >= 0.3 is 0 Å². The molecule has 0 bridgehead atoms. The fraction of sp³-hybridized carbons (Fsp3) is 0.500. The van der Waals surface area contributed by atoms with Crippen molar-refractivity contribution in [2.45, 2.75) is 33.7 Å². The largest absolute Gasteiger partial charge is 0.381 e.